The van der Waals surface area contributed by atoms with E-state index in [-0.39, 0.29) is 25.3 Å². The molecule has 1 aromatic rings. The Kier molecular flexibility index (Phi) is 6.76. The summed E-state index contributed by atoms with van der Waals surface area (Å²) >= 11 is 0. The Labute approximate surface area is 137 Å². The monoisotopic (exact) mass is 316 g/mol. The van der Waals surface area contributed by atoms with E-state index < -0.39 is 0 Å². The highest BCUT2D eigenvalue weighted by Gasteiger charge is 2.25. The van der Waals surface area contributed by atoms with E-state index in [9.17, 15) is 4.79 Å². The molecule has 0 atom stereocenters. The maximum atomic E-state index is 12.5. The molecule has 0 bridgehead atoms. The molecule has 0 radical (unpaired) electrons. The molecule has 0 aliphatic heterocycles. The second kappa shape index (κ2) is 9.06. The zero-order valence-corrected chi connectivity index (χ0v) is 13.3. The first kappa shape index (κ1) is 17.2. The molecular weight excluding hydrogens is 292 g/mol. The van der Waals surface area contributed by atoms with E-state index in [1.165, 1.54) is 0 Å². The highest BCUT2D eigenvalue weighted by atomic mass is 16.5. The van der Waals surface area contributed by atoms with Crippen molar-refractivity contribution < 1.29 is 14.6 Å². The maximum Gasteiger partial charge on any atom is 0.318 e. The highest BCUT2D eigenvalue weighted by Crippen LogP contribution is 2.23. The van der Waals surface area contributed by atoms with Gasteiger partial charge in [-0.05, 0) is 18.9 Å². The van der Waals surface area contributed by atoms with Gasteiger partial charge in [0.05, 0.1) is 13.2 Å². The van der Waals surface area contributed by atoms with Gasteiger partial charge in [0.1, 0.15) is 12.4 Å². The van der Waals surface area contributed by atoms with Crippen molar-refractivity contribution in [2.75, 3.05) is 19.8 Å². The number of aliphatic hydroxyl groups is 1. The topological polar surface area (TPSA) is 61.8 Å². The van der Waals surface area contributed by atoms with Crippen molar-refractivity contribution in [2.45, 2.75) is 38.3 Å². The molecule has 23 heavy (non-hydrogen) atoms. The van der Waals surface area contributed by atoms with Crippen molar-refractivity contribution in [1.29, 1.82) is 0 Å². The average molecular weight is 316 g/mol. The van der Waals surface area contributed by atoms with Crippen molar-refractivity contribution in [3.05, 3.63) is 29.8 Å². The van der Waals surface area contributed by atoms with Crippen LogP contribution in [0.2, 0.25) is 0 Å². The summed E-state index contributed by atoms with van der Waals surface area (Å²) in [4.78, 5) is 14.2. The van der Waals surface area contributed by atoms with Crippen LogP contribution < -0.4 is 10.1 Å². The molecule has 0 spiro atoms. The molecule has 1 fully saturated rings. The molecule has 1 aliphatic carbocycles. The quantitative estimate of drug-likeness (QED) is 0.758. The zero-order valence-electron chi connectivity index (χ0n) is 13.3. The molecule has 0 aromatic heterocycles. The number of amides is 2. The van der Waals surface area contributed by atoms with Crippen LogP contribution in [0.15, 0.2) is 24.3 Å². The van der Waals surface area contributed by atoms with Gasteiger partial charge in [0.2, 0.25) is 0 Å². The molecular formula is C18H24N2O3. The number of rotatable bonds is 7. The van der Waals surface area contributed by atoms with Crippen molar-refractivity contribution in [3.8, 4) is 18.1 Å². The summed E-state index contributed by atoms with van der Waals surface area (Å²) in [5.41, 5.74) is 0.876. The van der Waals surface area contributed by atoms with Gasteiger partial charge in [-0.15, -0.1) is 6.42 Å². The first-order valence-electron chi connectivity index (χ1n) is 8.05. The number of hydrogen-bond donors (Lipinski definition) is 2. The number of hydrogen-bond acceptors (Lipinski definition) is 3. The summed E-state index contributed by atoms with van der Waals surface area (Å²) in [6.45, 7) is 0.891. The molecule has 2 N–H and O–H groups in total. The van der Waals surface area contributed by atoms with Crippen molar-refractivity contribution in [3.63, 3.8) is 0 Å². The van der Waals surface area contributed by atoms with E-state index in [1.54, 1.807) is 4.90 Å². The maximum absolute atomic E-state index is 12.5. The van der Waals surface area contributed by atoms with Crippen LogP contribution in [-0.4, -0.2) is 41.8 Å². The Morgan fingerprint density at radius 1 is 1.39 bits per heavy atom. The number of nitrogens with zero attached hydrogens (tertiary/aromatic N) is 1. The van der Waals surface area contributed by atoms with E-state index in [0.717, 1.165) is 31.2 Å². The summed E-state index contributed by atoms with van der Waals surface area (Å²) < 4.78 is 5.48. The average Bonchev–Trinajstić information content (AvgIpc) is 3.10. The third-order valence-corrected chi connectivity index (χ3v) is 4.04. The summed E-state index contributed by atoms with van der Waals surface area (Å²) in [7, 11) is 0. The molecule has 1 aliphatic rings. The third-order valence-electron chi connectivity index (χ3n) is 4.04. The fourth-order valence-corrected chi connectivity index (χ4v) is 2.90. The number of aliphatic hydroxyl groups excluding tert-OH is 1. The standard InChI is InChI=1S/C18H24N2O3/c1-2-11-20(16-8-4-5-9-16)18(22)19-14-15-7-3-6-10-17(15)23-13-12-21/h1,3,6-7,10,16,21H,4-5,8-9,11-14H2,(H,19,22). The number of para-hydroxylation sites is 1. The van der Waals surface area contributed by atoms with Crippen LogP contribution >= 0.6 is 0 Å². The van der Waals surface area contributed by atoms with Crippen LogP contribution in [0.25, 0.3) is 0 Å². The van der Waals surface area contributed by atoms with Gasteiger partial charge < -0.3 is 20.1 Å². The van der Waals surface area contributed by atoms with Gasteiger partial charge >= 0.3 is 6.03 Å². The van der Waals surface area contributed by atoms with Crippen LogP contribution in [0.5, 0.6) is 5.75 Å². The SMILES string of the molecule is C#CCN(C(=O)NCc1ccccc1OCCO)C1CCCC1. The highest BCUT2D eigenvalue weighted by molar-refractivity contribution is 5.75. The first-order chi connectivity index (χ1) is 11.3. The largest absolute Gasteiger partial charge is 0.491 e. The minimum Gasteiger partial charge on any atom is -0.491 e. The van der Waals surface area contributed by atoms with Gasteiger partial charge in [0, 0.05) is 18.2 Å². The van der Waals surface area contributed by atoms with E-state index in [0.29, 0.717) is 18.8 Å². The second-order valence-electron chi connectivity index (χ2n) is 5.61. The minimum absolute atomic E-state index is 0.0433. The number of terminal acetylenes is 1. The zero-order chi connectivity index (χ0) is 16.5. The van der Waals surface area contributed by atoms with E-state index in [4.69, 9.17) is 16.3 Å². The van der Waals surface area contributed by atoms with Gasteiger partial charge in [-0.2, -0.15) is 0 Å². The fraction of sp³-hybridized carbons (Fsp3) is 0.500. The molecule has 2 amide bonds. The van der Waals surface area contributed by atoms with Gasteiger partial charge in [0.25, 0.3) is 0 Å². The van der Waals surface area contributed by atoms with Crippen molar-refractivity contribution in [2.24, 2.45) is 0 Å². The number of benzene rings is 1. The Bertz CT molecular complexity index is 547. The molecule has 0 saturated heterocycles. The number of ether oxygens (including phenoxy) is 1. The van der Waals surface area contributed by atoms with Gasteiger partial charge in [-0.3, -0.25) is 0 Å². The summed E-state index contributed by atoms with van der Waals surface area (Å²) in [5.74, 6) is 3.25. The lowest BCUT2D eigenvalue weighted by Crippen LogP contribution is -2.45. The van der Waals surface area contributed by atoms with Crippen LogP contribution in [0.3, 0.4) is 0 Å². The van der Waals surface area contributed by atoms with E-state index in [2.05, 4.69) is 11.2 Å². The molecule has 2 rings (SSSR count). The molecule has 5 nitrogen and oxygen atoms in total. The summed E-state index contributed by atoms with van der Waals surface area (Å²) in [6, 6.07) is 7.59. The Balaban J connectivity index is 1.96. The normalized spacial score (nSPS) is 14.3. The van der Waals surface area contributed by atoms with Crippen LogP contribution in [-0.2, 0) is 6.54 Å². The lowest BCUT2D eigenvalue weighted by molar-refractivity contribution is 0.183. The number of carbonyl (C=O) groups excluding carboxylic acids is 1. The van der Waals surface area contributed by atoms with E-state index >= 15 is 0 Å². The number of urea groups is 1. The Morgan fingerprint density at radius 3 is 2.83 bits per heavy atom. The lowest BCUT2D eigenvalue weighted by atomic mass is 10.2. The van der Waals surface area contributed by atoms with Crippen molar-refractivity contribution >= 4 is 6.03 Å². The summed E-state index contributed by atoms with van der Waals surface area (Å²) in [6.07, 6.45) is 9.74. The predicted octanol–water partition coefficient (Wildman–Crippen LogP) is 2.15. The number of nitrogens with one attached hydrogen (secondary N) is 1. The predicted molar refractivity (Wildman–Crippen MR) is 89.1 cm³/mol. The minimum atomic E-state index is -0.133. The molecule has 1 saturated carbocycles. The molecule has 1 aromatic carbocycles. The lowest BCUT2D eigenvalue weighted by Gasteiger charge is -2.27. The summed E-state index contributed by atoms with van der Waals surface area (Å²) in [5, 5.41) is 11.8. The smallest absolute Gasteiger partial charge is 0.318 e. The van der Waals surface area contributed by atoms with Crippen LogP contribution in [0.1, 0.15) is 31.2 Å². The Hall–Kier alpha value is -2.19. The van der Waals surface area contributed by atoms with Gasteiger partial charge in [-0.25, -0.2) is 4.79 Å². The molecule has 5 heteroatoms. The first-order valence-corrected chi connectivity index (χ1v) is 8.05. The molecule has 0 unspecified atom stereocenters. The second-order valence-corrected chi connectivity index (χ2v) is 5.61. The van der Waals surface area contributed by atoms with Crippen LogP contribution in [0.4, 0.5) is 4.79 Å². The van der Waals surface area contributed by atoms with Crippen LogP contribution in [0, 0.1) is 12.3 Å². The number of carbonyl (C=O) groups is 1. The molecule has 124 valence electrons. The van der Waals surface area contributed by atoms with Gasteiger partial charge in [0.15, 0.2) is 0 Å². The fourth-order valence-electron chi connectivity index (χ4n) is 2.90. The molecule has 0 heterocycles. The van der Waals surface area contributed by atoms with E-state index in [1.807, 2.05) is 24.3 Å². The van der Waals surface area contributed by atoms with Gasteiger partial charge in [-0.1, -0.05) is 37.0 Å². The van der Waals surface area contributed by atoms with Crippen molar-refractivity contribution in [1.82, 2.24) is 10.2 Å². The third kappa shape index (κ3) is 4.90. The Morgan fingerprint density at radius 2 is 2.13 bits per heavy atom.